The molecule has 2 N–H and O–H groups in total. The zero-order valence-electron chi connectivity index (χ0n) is 14.3. The number of phenols is 1. The summed E-state index contributed by atoms with van der Waals surface area (Å²) >= 11 is 0. The molecule has 0 aliphatic rings. The highest BCUT2D eigenvalue weighted by molar-refractivity contribution is 5.84. The summed E-state index contributed by atoms with van der Waals surface area (Å²) in [6.07, 6.45) is 13.1. The van der Waals surface area contributed by atoms with E-state index in [-0.39, 0.29) is 11.7 Å². The fraction of sp³-hybridized carbons (Fsp3) is 0.579. The molecule has 0 saturated heterocycles. The number of carbonyl (C=O) groups excluding carboxylic acids is 1. The molecule has 0 aliphatic carbocycles. The van der Waals surface area contributed by atoms with Crippen molar-refractivity contribution in [1.82, 2.24) is 5.43 Å². The minimum absolute atomic E-state index is 0.0698. The molecule has 0 atom stereocenters. The van der Waals surface area contributed by atoms with E-state index in [1.54, 1.807) is 18.2 Å². The number of hydrazone groups is 1. The third-order valence-electron chi connectivity index (χ3n) is 3.84. The van der Waals surface area contributed by atoms with Gasteiger partial charge in [0.05, 0.1) is 6.21 Å². The van der Waals surface area contributed by atoms with Crippen molar-refractivity contribution in [3.63, 3.8) is 0 Å². The minimum Gasteiger partial charge on any atom is -0.507 e. The zero-order chi connectivity index (χ0) is 16.8. The molecule has 0 heterocycles. The average Bonchev–Trinajstić information content (AvgIpc) is 2.55. The number of benzene rings is 1. The van der Waals surface area contributed by atoms with Crippen LogP contribution in [0.25, 0.3) is 0 Å². The number of hydrogen-bond acceptors (Lipinski definition) is 3. The molecule has 1 amide bonds. The molecule has 4 nitrogen and oxygen atoms in total. The van der Waals surface area contributed by atoms with Crippen LogP contribution >= 0.6 is 0 Å². The first kappa shape index (κ1) is 19.2. The van der Waals surface area contributed by atoms with E-state index in [0.29, 0.717) is 12.0 Å². The molecule has 0 spiro atoms. The molecule has 23 heavy (non-hydrogen) atoms. The van der Waals surface area contributed by atoms with E-state index in [0.717, 1.165) is 12.8 Å². The number of phenolic OH excluding ortho intramolecular Hbond substituents is 1. The Balaban J connectivity index is 2.01. The lowest BCUT2D eigenvalue weighted by atomic mass is 10.1. The van der Waals surface area contributed by atoms with Gasteiger partial charge < -0.3 is 5.11 Å². The van der Waals surface area contributed by atoms with Crippen LogP contribution in [0.1, 0.15) is 76.7 Å². The van der Waals surface area contributed by atoms with Gasteiger partial charge in [0.1, 0.15) is 5.75 Å². The van der Waals surface area contributed by atoms with Crippen LogP contribution in [0.15, 0.2) is 29.4 Å². The molecule has 4 heteroatoms. The van der Waals surface area contributed by atoms with Crippen LogP contribution in [-0.2, 0) is 4.79 Å². The van der Waals surface area contributed by atoms with E-state index in [4.69, 9.17) is 0 Å². The molecule has 0 aliphatic heterocycles. The van der Waals surface area contributed by atoms with Crippen LogP contribution in [-0.4, -0.2) is 17.2 Å². The Bertz CT molecular complexity index is 472. The van der Waals surface area contributed by atoms with Gasteiger partial charge >= 0.3 is 0 Å². The van der Waals surface area contributed by atoms with Gasteiger partial charge in [-0.25, -0.2) is 5.43 Å². The maximum absolute atomic E-state index is 11.6. The van der Waals surface area contributed by atoms with Gasteiger partial charge in [-0.15, -0.1) is 0 Å². The molecule has 128 valence electrons. The number of para-hydroxylation sites is 1. The highest BCUT2D eigenvalue weighted by Crippen LogP contribution is 2.12. The topological polar surface area (TPSA) is 61.7 Å². The summed E-state index contributed by atoms with van der Waals surface area (Å²) in [6.45, 7) is 2.23. The van der Waals surface area contributed by atoms with Crippen LogP contribution in [0.5, 0.6) is 5.75 Å². The lowest BCUT2D eigenvalue weighted by molar-refractivity contribution is -0.121. The first-order valence-electron chi connectivity index (χ1n) is 8.84. The normalized spacial score (nSPS) is 11.0. The van der Waals surface area contributed by atoms with E-state index >= 15 is 0 Å². The number of carbonyl (C=O) groups is 1. The quantitative estimate of drug-likeness (QED) is 0.331. The Hall–Kier alpha value is -1.84. The summed E-state index contributed by atoms with van der Waals surface area (Å²) in [7, 11) is 0. The second-order valence-electron chi connectivity index (χ2n) is 5.93. The van der Waals surface area contributed by atoms with E-state index in [9.17, 15) is 9.90 Å². The van der Waals surface area contributed by atoms with Crippen LogP contribution in [0, 0.1) is 0 Å². The van der Waals surface area contributed by atoms with Gasteiger partial charge in [0.15, 0.2) is 0 Å². The highest BCUT2D eigenvalue weighted by atomic mass is 16.3. The van der Waals surface area contributed by atoms with Crippen LogP contribution in [0.3, 0.4) is 0 Å². The number of rotatable bonds is 12. The molecule has 0 aromatic heterocycles. The van der Waals surface area contributed by atoms with Crippen LogP contribution in [0.4, 0.5) is 0 Å². The highest BCUT2D eigenvalue weighted by Gasteiger charge is 2.00. The van der Waals surface area contributed by atoms with Gasteiger partial charge in [0.25, 0.3) is 0 Å². The number of hydrogen-bond donors (Lipinski definition) is 2. The van der Waals surface area contributed by atoms with Gasteiger partial charge in [0.2, 0.25) is 5.91 Å². The van der Waals surface area contributed by atoms with Gasteiger partial charge in [-0.1, -0.05) is 70.4 Å². The van der Waals surface area contributed by atoms with Gasteiger partial charge in [-0.2, -0.15) is 5.10 Å². The second-order valence-corrected chi connectivity index (χ2v) is 5.93. The van der Waals surface area contributed by atoms with E-state index in [2.05, 4.69) is 17.5 Å². The standard InChI is InChI=1S/C19H30N2O2/c1-2-3-4-5-6-7-8-9-10-15-19(23)21-20-16-17-13-11-12-14-18(17)22/h11-14,16,22H,2-10,15H2,1H3,(H,21,23)/b20-16-. The third kappa shape index (κ3) is 9.72. The Morgan fingerprint density at radius 3 is 2.30 bits per heavy atom. The number of unbranched alkanes of at least 4 members (excludes halogenated alkanes) is 8. The summed E-state index contributed by atoms with van der Waals surface area (Å²) in [6, 6.07) is 6.89. The predicted molar refractivity (Wildman–Crippen MR) is 95.7 cm³/mol. The first-order valence-corrected chi connectivity index (χ1v) is 8.84. The third-order valence-corrected chi connectivity index (χ3v) is 3.84. The lowest BCUT2D eigenvalue weighted by Crippen LogP contribution is -2.16. The number of nitrogens with one attached hydrogen (secondary N) is 1. The molecule has 0 saturated carbocycles. The lowest BCUT2D eigenvalue weighted by Gasteiger charge is -2.02. The van der Waals surface area contributed by atoms with Crippen molar-refractivity contribution in [2.24, 2.45) is 5.10 Å². The molecule has 0 bridgehead atoms. The van der Waals surface area contributed by atoms with Crippen molar-refractivity contribution in [1.29, 1.82) is 0 Å². The molecular formula is C19H30N2O2. The Morgan fingerprint density at radius 2 is 1.65 bits per heavy atom. The predicted octanol–water partition coefficient (Wildman–Crippen LogP) is 4.76. The minimum atomic E-state index is -0.0698. The number of nitrogens with zero attached hydrogens (tertiary/aromatic N) is 1. The summed E-state index contributed by atoms with van der Waals surface area (Å²) in [5, 5.41) is 13.4. The monoisotopic (exact) mass is 318 g/mol. The van der Waals surface area contributed by atoms with Crippen molar-refractivity contribution in [3.05, 3.63) is 29.8 Å². The maximum Gasteiger partial charge on any atom is 0.240 e. The molecule has 1 rings (SSSR count). The van der Waals surface area contributed by atoms with Crippen molar-refractivity contribution in [2.45, 2.75) is 71.1 Å². The Morgan fingerprint density at radius 1 is 1.04 bits per heavy atom. The van der Waals surface area contributed by atoms with E-state index in [1.807, 2.05) is 6.07 Å². The Kier molecular flexibility index (Phi) is 10.6. The SMILES string of the molecule is CCCCCCCCCCCC(=O)N/N=C\c1ccccc1O. The largest absolute Gasteiger partial charge is 0.507 e. The van der Waals surface area contributed by atoms with Gasteiger partial charge in [-0.05, 0) is 18.6 Å². The summed E-state index contributed by atoms with van der Waals surface area (Å²) in [5.74, 6) is 0.0871. The molecule has 1 aromatic rings. The molecule has 1 aromatic carbocycles. The van der Waals surface area contributed by atoms with Gasteiger partial charge in [0, 0.05) is 12.0 Å². The summed E-state index contributed by atoms with van der Waals surface area (Å²) < 4.78 is 0. The number of aromatic hydroxyl groups is 1. The van der Waals surface area contributed by atoms with Crippen molar-refractivity contribution >= 4 is 12.1 Å². The molecule has 0 unspecified atom stereocenters. The van der Waals surface area contributed by atoms with E-state index < -0.39 is 0 Å². The van der Waals surface area contributed by atoms with Crippen LogP contribution < -0.4 is 5.43 Å². The summed E-state index contributed by atoms with van der Waals surface area (Å²) in [4.78, 5) is 11.6. The van der Waals surface area contributed by atoms with Crippen molar-refractivity contribution in [2.75, 3.05) is 0 Å². The van der Waals surface area contributed by atoms with Crippen molar-refractivity contribution in [3.8, 4) is 5.75 Å². The van der Waals surface area contributed by atoms with Crippen LogP contribution in [0.2, 0.25) is 0 Å². The average molecular weight is 318 g/mol. The van der Waals surface area contributed by atoms with Crippen molar-refractivity contribution < 1.29 is 9.90 Å². The smallest absolute Gasteiger partial charge is 0.240 e. The fourth-order valence-corrected chi connectivity index (χ4v) is 2.42. The molecular weight excluding hydrogens is 288 g/mol. The van der Waals surface area contributed by atoms with E-state index in [1.165, 1.54) is 51.2 Å². The van der Waals surface area contributed by atoms with Gasteiger partial charge in [-0.3, -0.25) is 4.79 Å². The zero-order valence-corrected chi connectivity index (χ0v) is 14.3. The summed E-state index contributed by atoms with van der Waals surface area (Å²) in [5.41, 5.74) is 3.10. The molecule has 0 radical (unpaired) electrons. The maximum atomic E-state index is 11.6. The first-order chi connectivity index (χ1) is 11.2. The second kappa shape index (κ2) is 12.7. The molecule has 0 fully saturated rings. The fourth-order valence-electron chi connectivity index (χ4n) is 2.42. The Labute approximate surface area is 140 Å². The number of amides is 1.